The molecule has 0 radical (unpaired) electrons. The Hall–Kier alpha value is -2.93. The van der Waals surface area contributed by atoms with Crippen LogP contribution in [0.5, 0.6) is 0 Å². The van der Waals surface area contributed by atoms with Gasteiger partial charge in [0.15, 0.2) is 0 Å². The van der Waals surface area contributed by atoms with E-state index in [2.05, 4.69) is 19.5 Å². The Morgan fingerprint density at radius 1 is 1.20 bits per heavy atom. The van der Waals surface area contributed by atoms with Crippen LogP contribution >= 0.6 is 11.6 Å². The Kier molecular flexibility index (Phi) is 4.50. The van der Waals surface area contributed by atoms with Gasteiger partial charge in [-0.25, -0.2) is 18.4 Å². The third-order valence-corrected chi connectivity index (χ3v) is 8.00. The van der Waals surface area contributed by atoms with E-state index in [1.54, 1.807) is 6.20 Å². The summed E-state index contributed by atoms with van der Waals surface area (Å²) in [7, 11) is -3.73. The predicted molar refractivity (Wildman–Crippen MR) is 113 cm³/mol. The van der Waals surface area contributed by atoms with Gasteiger partial charge >= 0.3 is 0 Å². The van der Waals surface area contributed by atoms with Crippen molar-refractivity contribution in [1.29, 1.82) is 5.26 Å². The van der Waals surface area contributed by atoms with E-state index >= 15 is 0 Å². The number of nitrogens with zero attached hydrogens (tertiary/aromatic N) is 5. The first-order valence-corrected chi connectivity index (χ1v) is 11.3. The third kappa shape index (κ3) is 2.96. The van der Waals surface area contributed by atoms with Gasteiger partial charge in [-0.05, 0) is 37.1 Å². The number of imidazole rings is 1. The molecule has 30 heavy (non-hydrogen) atoms. The van der Waals surface area contributed by atoms with E-state index in [1.807, 2.05) is 24.7 Å². The van der Waals surface area contributed by atoms with Gasteiger partial charge in [-0.1, -0.05) is 11.6 Å². The molecule has 10 heteroatoms. The Morgan fingerprint density at radius 2 is 2.00 bits per heavy atom. The molecule has 0 bridgehead atoms. The number of sulfonamides is 1. The zero-order chi connectivity index (χ0) is 20.9. The number of benzene rings is 1. The molecule has 4 aromatic rings. The van der Waals surface area contributed by atoms with Crippen LogP contribution in [-0.2, 0) is 10.0 Å². The van der Waals surface area contributed by atoms with Gasteiger partial charge in [0.25, 0.3) is 0 Å². The summed E-state index contributed by atoms with van der Waals surface area (Å²) in [5, 5.41) is 10.0. The van der Waals surface area contributed by atoms with Crippen molar-refractivity contribution in [2.45, 2.75) is 23.8 Å². The smallest absolute Gasteiger partial charge is 0.244 e. The zero-order valence-corrected chi connectivity index (χ0v) is 17.4. The van der Waals surface area contributed by atoms with Crippen molar-refractivity contribution in [1.82, 2.24) is 23.8 Å². The Labute approximate surface area is 177 Å². The van der Waals surface area contributed by atoms with Crippen molar-refractivity contribution >= 4 is 43.7 Å². The fourth-order valence-electron chi connectivity index (χ4n) is 4.09. The summed E-state index contributed by atoms with van der Waals surface area (Å²) >= 11 is 6.15. The average Bonchev–Trinajstić information content (AvgIpc) is 3.40. The Balaban J connectivity index is 1.41. The highest BCUT2D eigenvalue weighted by atomic mass is 35.5. The number of nitriles is 1. The predicted octanol–water partition coefficient (Wildman–Crippen LogP) is 3.46. The van der Waals surface area contributed by atoms with Crippen LogP contribution in [0.15, 0.2) is 47.9 Å². The van der Waals surface area contributed by atoms with E-state index in [1.165, 1.54) is 22.5 Å². The number of pyridine rings is 1. The normalized spacial score (nSPS) is 16.3. The molecule has 1 aromatic carbocycles. The van der Waals surface area contributed by atoms with Crippen LogP contribution in [0.3, 0.4) is 0 Å². The van der Waals surface area contributed by atoms with Gasteiger partial charge in [-0.3, -0.25) is 0 Å². The second-order valence-corrected chi connectivity index (χ2v) is 9.59. The van der Waals surface area contributed by atoms with Crippen LogP contribution in [0.25, 0.3) is 22.1 Å². The average molecular weight is 441 g/mol. The number of nitrogens with one attached hydrogen (secondary N) is 1. The topological polar surface area (TPSA) is 108 Å². The lowest BCUT2D eigenvalue weighted by atomic mass is 10.1. The van der Waals surface area contributed by atoms with Crippen LogP contribution in [0, 0.1) is 11.3 Å². The summed E-state index contributed by atoms with van der Waals surface area (Å²) in [6.07, 6.45) is 6.73. The van der Waals surface area contributed by atoms with E-state index in [9.17, 15) is 8.42 Å². The lowest BCUT2D eigenvalue weighted by Gasteiger charge is -2.32. The molecule has 0 aliphatic carbocycles. The molecule has 1 aliphatic rings. The van der Waals surface area contributed by atoms with E-state index in [-0.39, 0.29) is 16.0 Å². The molecule has 8 nitrogen and oxygen atoms in total. The highest BCUT2D eigenvalue weighted by Crippen LogP contribution is 2.33. The van der Waals surface area contributed by atoms with Crippen molar-refractivity contribution in [2.24, 2.45) is 0 Å². The monoisotopic (exact) mass is 440 g/mol. The zero-order valence-electron chi connectivity index (χ0n) is 15.8. The number of aromatic nitrogens is 4. The minimum absolute atomic E-state index is 0.0369. The molecule has 1 N–H and O–H groups in total. The number of piperidine rings is 1. The maximum Gasteiger partial charge on any atom is 0.244 e. The molecule has 4 heterocycles. The summed E-state index contributed by atoms with van der Waals surface area (Å²) in [6.45, 7) is 0.759. The van der Waals surface area contributed by atoms with Crippen molar-refractivity contribution in [3.05, 3.63) is 53.6 Å². The first-order chi connectivity index (χ1) is 14.5. The van der Waals surface area contributed by atoms with E-state index in [4.69, 9.17) is 16.9 Å². The van der Waals surface area contributed by atoms with Crippen LogP contribution in [0.4, 0.5) is 0 Å². The quantitative estimate of drug-likeness (QED) is 0.524. The molecule has 152 valence electrons. The fraction of sp³-hybridized carbons (Fsp3) is 0.250. The molecule has 0 unspecified atom stereocenters. The van der Waals surface area contributed by atoms with Crippen molar-refractivity contribution in [3.63, 3.8) is 0 Å². The molecule has 5 rings (SSSR count). The SMILES string of the molecule is N#Cc1ccc(S(=O)(=O)N2CCC(n3cnc4cnc5[nH]ccc5c43)CC2)c(Cl)c1. The minimum Gasteiger partial charge on any atom is -0.346 e. The molecule has 1 aliphatic heterocycles. The van der Waals surface area contributed by atoms with Gasteiger partial charge < -0.3 is 9.55 Å². The van der Waals surface area contributed by atoms with Crippen molar-refractivity contribution in [3.8, 4) is 6.07 Å². The van der Waals surface area contributed by atoms with Gasteiger partial charge in [0.2, 0.25) is 10.0 Å². The van der Waals surface area contributed by atoms with E-state index in [0.717, 1.165) is 22.1 Å². The number of rotatable bonds is 3. The minimum atomic E-state index is -3.73. The molecular weight excluding hydrogens is 424 g/mol. The Bertz CT molecular complexity index is 1410. The maximum atomic E-state index is 13.1. The van der Waals surface area contributed by atoms with E-state index in [0.29, 0.717) is 31.5 Å². The number of hydrogen-bond acceptors (Lipinski definition) is 5. The first kappa shape index (κ1) is 19.1. The summed E-state index contributed by atoms with van der Waals surface area (Å²) in [5.41, 5.74) is 2.97. The number of hydrogen-bond donors (Lipinski definition) is 1. The number of fused-ring (bicyclic) bond motifs is 3. The first-order valence-electron chi connectivity index (χ1n) is 9.47. The second-order valence-electron chi connectivity index (χ2n) is 7.28. The number of H-pyrrole nitrogens is 1. The molecule has 0 saturated carbocycles. The second kappa shape index (κ2) is 7.09. The molecule has 1 saturated heterocycles. The van der Waals surface area contributed by atoms with Crippen molar-refractivity contribution in [2.75, 3.05) is 13.1 Å². The molecular formula is C20H17ClN6O2S. The summed E-state index contributed by atoms with van der Waals surface area (Å²) in [5.74, 6) is 0. The maximum absolute atomic E-state index is 13.1. The summed E-state index contributed by atoms with van der Waals surface area (Å²) in [4.78, 5) is 12.0. The van der Waals surface area contributed by atoms with Gasteiger partial charge in [0.1, 0.15) is 16.1 Å². The lowest BCUT2D eigenvalue weighted by Crippen LogP contribution is -2.39. The van der Waals surface area contributed by atoms with Gasteiger partial charge in [0, 0.05) is 30.7 Å². The van der Waals surface area contributed by atoms with Gasteiger partial charge in [-0.2, -0.15) is 9.57 Å². The van der Waals surface area contributed by atoms with E-state index < -0.39 is 10.0 Å². The number of halogens is 1. The molecule has 0 amide bonds. The standard InChI is InChI=1S/C20H17ClN6O2S/c21-16-9-13(10-22)1-2-18(16)30(28,29)26-7-4-14(5-8-26)27-12-25-17-11-24-20-15(19(17)27)3-6-23-20/h1-3,6,9,11-12,14H,4-5,7-8H2,(H,23,24). The van der Waals surface area contributed by atoms with Crippen LogP contribution in [-0.4, -0.2) is 45.3 Å². The molecule has 3 aromatic heterocycles. The molecule has 1 fully saturated rings. The van der Waals surface area contributed by atoms with Gasteiger partial charge in [0.05, 0.1) is 34.7 Å². The summed E-state index contributed by atoms with van der Waals surface area (Å²) < 4.78 is 29.8. The van der Waals surface area contributed by atoms with Crippen LogP contribution in [0.2, 0.25) is 5.02 Å². The van der Waals surface area contributed by atoms with Crippen LogP contribution in [0.1, 0.15) is 24.4 Å². The lowest BCUT2D eigenvalue weighted by molar-refractivity contribution is 0.277. The van der Waals surface area contributed by atoms with Crippen molar-refractivity contribution < 1.29 is 8.42 Å². The highest BCUT2D eigenvalue weighted by Gasteiger charge is 2.32. The molecule has 0 spiro atoms. The Morgan fingerprint density at radius 3 is 2.73 bits per heavy atom. The summed E-state index contributed by atoms with van der Waals surface area (Å²) in [6, 6.07) is 8.34. The van der Waals surface area contributed by atoms with Gasteiger partial charge in [-0.15, -0.1) is 0 Å². The molecule has 0 atom stereocenters. The largest absolute Gasteiger partial charge is 0.346 e. The highest BCUT2D eigenvalue weighted by molar-refractivity contribution is 7.89. The van der Waals surface area contributed by atoms with Crippen LogP contribution < -0.4 is 0 Å². The fourth-order valence-corrected chi connectivity index (χ4v) is 6.08. The third-order valence-electron chi connectivity index (χ3n) is 5.61. The number of aromatic amines is 1.